The zero-order chi connectivity index (χ0) is 27.7. The molecule has 1 fully saturated rings. The lowest BCUT2D eigenvalue weighted by atomic mass is 10.2. The predicted molar refractivity (Wildman–Crippen MR) is 158 cm³/mol. The monoisotopic (exact) mass is 626 g/mol. The summed E-state index contributed by atoms with van der Waals surface area (Å²) in [6.07, 6.45) is 1.21. The van der Waals surface area contributed by atoms with Crippen molar-refractivity contribution in [2.24, 2.45) is 5.10 Å². The maximum absolute atomic E-state index is 13.7. The third-order valence-electron chi connectivity index (χ3n) is 6.22. The highest BCUT2D eigenvalue weighted by Gasteiger charge is 2.32. The van der Waals surface area contributed by atoms with Gasteiger partial charge in [-0.05, 0) is 80.4 Å². The number of aryl methyl sites for hydroxylation is 1. The number of hydrogen-bond donors (Lipinski definition) is 0. The second-order valence-corrected chi connectivity index (χ2v) is 13.3. The Labute approximate surface area is 240 Å². The number of carbonyl (C=O) groups excluding carboxylic acids is 1. The summed E-state index contributed by atoms with van der Waals surface area (Å²) in [6.45, 7) is 6.27. The maximum atomic E-state index is 13.7. The van der Waals surface area contributed by atoms with E-state index in [-0.39, 0.29) is 30.2 Å². The number of carbonyl (C=O) groups is 1. The van der Waals surface area contributed by atoms with Gasteiger partial charge in [0.05, 0.1) is 33.5 Å². The number of anilines is 1. The molecule has 0 bridgehead atoms. The van der Waals surface area contributed by atoms with Crippen LogP contribution >= 0.6 is 27.3 Å². The molecule has 2 heterocycles. The molecule has 0 aliphatic carbocycles. The van der Waals surface area contributed by atoms with Crippen LogP contribution in [0.15, 0.2) is 81.2 Å². The number of fused-ring (bicyclic) bond motifs is 1. The third kappa shape index (κ3) is 6.12. The van der Waals surface area contributed by atoms with E-state index in [4.69, 9.17) is 4.74 Å². The number of aromatic nitrogens is 1. The van der Waals surface area contributed by atoms with Crippen LogP contribution in [0.25, 0.3) is 10.2 Å². The Kier molecular flexibility index (Phi) is 7.97. The van der Waals surface area contributed by atoms with Crippen LogP contribution in [0.4, 0.5) is 5.13 Å². The van der Waals surface area contributed by atoms with E-state index in [0.717, 1.165) is 25.8 Å². The molecule has 0 saturated carbocycles. The van der Waals surface area contributed by atoms with Gasteiger partial charge in [-0.1, -0.05) is 45.5 Å². The fraction of sp³-hybridized carbons (Fsp3) is 0.250. The first-order valence-electron chi connectivity index (χ1n) is 12.4. The van der Waals surface area contributed by atoms with Gasteiger partial charge in [0.25, 0.3) is 5.91 Å². The zero-order valence-electron chi connectivity index (χ0n) is 21.6. The molecule has 1 saturated heterocycles. The number of hydrogen-bond acceptors (Lipinski definition) is 7. The van der Waals surface area contributed by atoms with Gasteiger partial charge >= 0.3 is 0 Å². The van der Waals surface area contributed by atoms with Crippen molar-refractivity contribution in [3.63, 3.8) is 0 Å². The molecule has 8 nitrogen and oxygen atoms in total. The van der Waals surface area contributed by atoms with E-state index in [1.54, 1.807) is 6.21 Å². The van der Waals surface area contributed by atoms with Gasteiger partial charge in [-0.25, -0.2) is 13.4 Å². The summed E-state index contributed by atoms with van der Waals surface area (Å²) in [4.78, 5) is 18.5. The van der Waals surface area contributed by atoms with Crippen LogP contribution in [0.5, 0.6) is 0 Å². The Morgan fingerprint density at radius 3 is 2.41 bits per heavy atom. The molecule has 5 rings (SSSR count). The van der Waals surface area contributed by atoms with Crippen molar-refractivity contribution in [3.05, 3.63) is 87.9 Å². The van der Waals surface area contributed by atoms with Crippen molar-refractivity contribution >= 4 is 64.8 Å². The SMILES string of the molecule is Cc1ccc2nc(N(/N=C/c3ccc(Br)cc3)C(=O)c3ccc(S(=O)(=O)N4CC(C)OC(C)C4)cc3)sc2c1. The molecule has 39 heavy (non-hydrogen) atoms. The van der Waals surface area contributed by atoms with Gasteiger partial charge in [0.1, 0.15) is 0 Å². The number of halogens is 1. The number of hydrazone groups is 1. The Bertz CT molecular complexity index is 1630. The highest BCUT2D eigenvalue weighted by molar-refractivity contribution is 9.10. The van der Waals surface area contributed by atoms with Gasteiger partial charge in [-0.2, -0.15) is 14.4 Å². The number of sulfonamides is 1. The fourth-order valence-electron chi connectivity index (χ4n) is 4.34. The number of thiazole rings is 1. The van der Waals surface area contributed by atoms with Crippen LogP contribution in [0.2, 0.25) is 0 Å². The van der Waals surface area contributed by atoms with Crippen molar-refractivity contribution in [1.29, 1.82) is 0 Å². The summed E-state index contributed by atoms with van der Waals surface area (Å²) in [7, 11) is -3.73. The standard InChI is InChI=1S/C28H27BrN4O4S2/c1-18-4-13-25-26(14-18)38-28(31-25)33(30-15-21-5-9-23(29)10-6-21)27(34)22-7-11-24(12-8-22)39(35,36)32-16-19(2)37-20(3)17-32/h4-15,19-20H,16-17H2,1-3H3/b30-15+. The molecule has 4 aromatic rings. The van der Waals surface area contributed by atoms with E-state index >= 15 is 0 Å². The van der Waals surface area contributed by atoms with Gasteiger partial charge in [0.2, 0.25) is 15.2 Å². The van der Waals surface area contributed by atoms with Gasteiger partial charge < -0.3 is 4.74 Å². The quantitative estimate of drug-likeness (QED) is 0.198. The van der Waals surface area contributed by atoms with Crippen molar-refractivity contribution < 1.29 is 17.9 Å². The second kappa shape index (κ2) is 11.3. The summed E-state index contributed by atoms with van der Waals surface area (Å²) in [5.74, 6) is -0.420. The third-order valence-corrected chi connectivity index (χ3v) is 9.59. The summed E-state index contributed by atoms with van der Waals surface area (Å²) in [5.41, 5.74) is 2.96. The zero-order valence-corrected chi connectivity index (χ0v) is 24.8. The summed E-state index contributed by atoms with van der Waals surface area (Å²) >= 11 is 4.79. The van der Waals surface area contributed by atoms with Crippen LogP contribution in [0.1, 0.15) is 35.3 Å². The fourth-order valence-corrected chi connectivity index (χ4v) is 7.22. The van der Waals surface area contributed by atoms with E-state index in [1.165, 1.54) is 44.9 Å². The highest BCUT2D eigenvalue weighted by Crippen LogP contribution is 2.31. The first kappa shape index (κ1) is 27.6. The van der Waals surface area contributed by atoms with Gasteiger partial charge in [-0.15, -0.1) is 0 Å². The van der Waals surface area contributed by atoms with E-state index < -0.39 is 15.9 Å². The molecule has 2 unspecified atom stereocenters. The lowest BCUT2D eigenvalue weighted by molar-refractivity contribution is -0.0440. The summed E-state index contributed by atoms with van der Waals surface area (Å²) in [5, 5.41) is 6.18. The van der Waals surface area contributed by atoms with Gasteiger partial charge in [-0.3, -0.25) is 4.79 Å². The molecule has 11 heteroatoms. The van der Waals surface area contributed by atoms with Crippen LogP contribution in [-0.2, 0) is 14.8 Å². The molecular weight excluding hydrogens is 600 g/mol. The minimum atomic E-state index is -3.73. The lowest BCUT2D eigenvalue weighted by Gasteiger charge is -2.34. The van der Waals surface area contributed by atoms with Crippen molar-refractivity contribution in [2.45, 2.75) is 37.9 Å². The molecule has 3 aromatic carbocycles. The Balaban J connectivity index is 1.46. The molecule has 202 valence electrons. The number of benzene rings is 3. The smallest absolute Gasteiger partial charge is 0.280 e. The Morgan fingerprint density at radius 1 is 1.08 bits per heavy atom. The summed E-state index contributed by atoms with van der Waals surface area (Å²) in [6, 6.07) is 19.4. The molecule has 0 N–H and O–H groups in total. The van der Waals surface area contributed by atoms with Crippen molar-refractivity contribution in [3.8, 4) is 0 Å². The van der Waals surface area contributed by atoms with E-state index in [0.29, 0.717) is 10.7 Å². The Morgan fingerprint density at radius 2 is 1.74 bits per heavy atom. The molecule has 1 aliphatic heterocycles. The minimum absolute atomic E-state index is 0.126. The lowest BCUT2D eigenvalue weighted by Crippen LogP contribution is -2.48. The topological polar surface area (TPSA) is 92.2 Å². The van der Waals surface area contributed by atoms with E-state index in [9.17, 15) is 13.2 Å². The van der Waals surface area contributed by atoms with E-state index in [1.807, 2.05) is 63.2 Å². The average molecular weight is 628 g/mol. The van der Waals surface area contributed by atoms with Crippen LogP contribution < -0.4 is 5.01 Å². The second-order valence-electron chi connectivity index (χ2n) is 9.48. The first-order valence-corrected chi connectivity index (χ1v) is 15.4. The van der Waals surface area contributed by atoms with Crippen molar-refractivity contribution in [1.82, 2.24) is 9.29 Å². The van der Waals surface area contributed by atoms with Crippen LogP contribution in [0.3, 0.4) is 0 Å². The first-order chi connectivity index (χ1) is 18.6. The molecule has 1 aliphatic rings. The number of ether oxygens (including phenoxy) is 1. The van der Waals surface area contributed by atoms with Gasteiger partial charge in [0, 0.05) is 23.1 Å². The molecular formula is C28H27BrN4O4S2. The van der Waals surface area contributed by atoms with E-state index in [2.05, 4.69) is 26.0 Å². The predicted octanol–water partition coefficient (Wildman–Crippen LogP) is 5.85. The van der Waals surface area contributed by atoms with Gasteiger partial charge in [0.15, 0.2) is 0 Å². The minimum Gasteiger partial charge on any atom is -0.373 e. The molecule has 0 radical (unpaired) electrons. The largest absolute Gasteiger partial charge is 0.373 e. The molecule has 1 aromatic heterocycles. The molecule has 1 amide bonds. The van der Waals surface area contributed by atoms with Crippen molar-refractivity contribution in [2.75, 3.05) is 18.1 Å². The van der Waals surface area contributed by atoms with Crippen LogP contribution in [0, 0.1) is 6.92 Å². The molecule has 0 spiro atoms. The maximum Gasteiger partial charge on any atom is 0.280 e. The summed E-state index contributed by atoms with van der Waals surface area (Å²) < 4.78 is 35.5. The highest BCUT2D eigenvalue weighted by atomic mass is 79.9. The number of nitrogens with zero attached hydrogens (tertiary/aromatic N) is 4. The van der Waals surface area contributed by atoms with Crippen LogP contribution in [-0.4, -0.2) is 55.1 Å². The normalized spacial score (nSPS) is 18.6. The Hall–Kier alpha value is -2.96. The number of rotatable bonds is 6. The number of morpholine rings is 1. The average Bonchev–Trinajstić information content (AvgIpc) is 3.32. The number of amides is 1. The molecule has 2 atom stereocenters.